The largest absolute Gasteiger partial charge is 0.497 e. The minimum Gasteiger partial charge on any atom is -0.497 e. The van der Waals surface area contributed by atoms with Crippen LogP contribution in [-0.2, 0) is 4.79 Å². The van der Waals surface area contributed by atoms with E-state index in [2.05, 4.69) is 15.8 Å². The zero-order chi connectivity index (χ0) is 16.8. The van der Waals surface area contributed by atoms with Crippen LogP contribution in [0.25, 0.3) is 0 Å². The van der Waals surface area contributed by atoms with Gasteiger partial charge in [0.05, 0.1) is 19.9 Å². The Morgan fingerprint density at radius 3 is 2.65 bits per heavy atom. The van der Waals surface area contributed by atoms with E-state index in [1.54, 1.807) is 39.3 Å². The second-order valence-electron chi connectivity index (χ2n) is 4.98. The normalized spacial score (nSPS) is 11.7. The number of nitrogens with one attached hydrogen (secondary N) is 2. The molecule has 0 aliphatic carbocycles. The fourth-order valence-corrected chi connectivity index (χ4v) is 2.10. The predicted octanol–water partition coefficient (Wildman–Crippen LogP) is 2.83. The summed E-state index contributed by atoms with van der Waals surface area (Å²) in [6.07, 6.45) is 0.595. The van der Waals surface area contributed by atoms with Crippen molar-refractivity contribution >= 4 is 17.4 Å². The average Bonchev–Trinajstić information content (AvgIpc) is 2.97. The van der Waals surface area contributed by atoms with Crippen molar-refractivity contribution in [1.82, 2.24) is 5.16 Å². The lowest BCUT2D eigenvalue weighted by Crippen LogP contribution is -2.34. The number of amides is 1. The van der Waals surface area contributed by atoms with Gasteiger partial charge in [-0.3, -0.25) is 4.79 Å². The summed E-state index contributed by atoms with van der Waals surface area (Å²) in [5, 5.41) is 9.66. The SMILES string of the molecule is CCC(Nc1ccc(OC)cc1OC)C(=O)Nc1cc(C)on1. The molecule has 0 aliphatic rings. The first-order valence-corrected chi connectivity index (χ1v) is 7.30. The molecule has 2 aromatic rings. The third kappa shape index (κ3) is 4.15. The van der Waals surface area contributed by atoms with Gasteiger partial charge in [0.25, 0.3) is 0 Å². The van der Waals surface area contributed by atoms with Gasteiger partial charge in [-0.1, -0.05) is 12.1 Å². The highest BCUT2D eigenvalue weighted by atomic mass is 16.5. The fourth-order valence-electron chi connectivity index (χ4n) is 2.10. The topological polar surface area (TPSA) is 85.6 Å². The van der Waals surface area contributed by atoms with Crippen LogP contribution < -0.4 is 20.1 Å². The van der Waals surface area contributed by atoms with E-state index < -0.39 is 6.04 Å². The molecule has 0 saturated carbocycles. The van der Waals surface area contributed by atoms with E-state index in [4.69, 9.17) is 14.0 Å². The number of benzene rings is 1. The summed E-state index contributed by atoms with van der Waals surface area (Å²) in [5.41, 5.74) is 0.714. The number of carbonyl (C=O) groups is 1. The first-order chi connectivity index (χ1) is 11.1. The Hall–Kier alpha value is -2.70. The molecular weight excluding hydrogens is 298 g/mol. The molecule has 0 saturated heterocycles. The molecule has 1 amide bonds. The molecule has 0 fully saturated rings. The van der Waals surface area contributed by atoms with E-state index >= 15 is 0 Å². The minimum absolute atomic E-state index is 0.196. The molecule has 1 atom stereocenters. The first-order valence-electron chi connectivity index (χ1n) is 7.30. The Morgan fingerprint density at radius 1 is 1.30 bits per heavy atom. The number of hydrogen-bond donors (Lipinski definition) is 2. The Morgan fingerprint density at radius 2 is 2.09 bits per heavy atom. The molecule has 1 heterocycles. The zero-order valence-electron chi connectivity index (χ0n) is 13.7. The number of carbonyl (C=O) groups excluding carboxylic acids is 1. The molecule has 7 heteroatoms. The molecule has 0 aliphatic heterocycles. The fraction of sp³-hybridized carbons (Fsp3) is 0.375. The summed E-state index contributed by atoms with van der Waals surface area (Å²) in [5.74, 6) is 2.13. The lowest BCUT2D eigenvalue weighted by Gasteiger charge is -2.19. The van der Waals surface area contributed by atoms with Crippen molar-refractivity contribution < 1.29 is 18.8 Å². The third-order valence-corrected chi connectivity index (χ3v) is 3.34. The summed E-state index contributed by atoms with van der Waals surface area (Å²) < 4.78 is 15.4. The molecule has 23 heavy (non-hydrogen) atoms. The highest BCUT2D eigenvalue weighted by molar-refractivity contribution is 5.96. The smallest absolute Gasteiger partial charge is 0.248 e. The minimum atomic E-state index is -0.436. The van der Waals surface area contributed by atoms with Crippen LogP contribution in [0.4, 0.5) is 11.5 Å². The van der Waals surface area contributed by atoms with Crippen LogP contribution in [0.1, 0.15) is 19.1 Å². The molecule has 0 spiro atoms. The monoisotopic (exact) mass is 319 g/mol. The maximum absolute atomic E-state index is 12.4. The van der Waals surface area contributed by atoms with Crippen LogP contribution in [-0.4, -0.2) is 31.3 Å². The first kappa shape index (κ1) is 16.7. The van der Waals surface area contributed by atoms with Gasteiger partial charge in [-0.15, -0.1) is 0 Å². The third-order valence-electron chi connectivity index (χ3n) is 3.34. The lowest BCUT2D eigenvalue weighted by atomic mass is 10.2. The standard InChI is InChI=1S/C16H21N3O4/c1-5-12(16(20)18-15-8-10(2)23-19-15)17-13-7-6-11(21-3)9-14(13)22-4/h6-9,12,17H,5H2,1-4H3,(H,18,19,20). The van der Waals surface area contributed by atoms with E-state index in [-0.39, 0.29) is 5.91 Å². The number of nitrogens with zero attached hydrogens (tertiary/aromatic N) is 1. The van der Waals surface area contributed by atoms with Crippen molar-refractivity contribution in [3.63, 3.8) is 0 Å². The molecule has 0 radical (unpaired) electrons. The maximum atomic E-state index is 12.4. The van der Waals surface area contributed by atoms with Gasteiger partial charge in [0.1, 0.15) is 23.3 Å². The van der Waals surface area contributed by atoms with Crippen LogP contribution in [0.2, 0.25) is 0 Å². The van der Waals surface area contributed by atoms with Crippen molar-refractivity contribution in [3.05, 3.63) is 30.0 Å². The molecule has 124 valence electrons. The van der Waals surface area contributed by atoms with Crippen LogP contribution in [0.5, 0.6) is 11.5 Å². The molecule has 7 nitrogen and oxygen atoms in total. The summed E-state index contributed by atoms with van der Waals surface area (Å²) in [7, 11) is 3.16. The number of aryl methyl sites for hydroxylation is 1. The number of anilines is 2. The van der Waals surface area contributed by atoms with Gasteiger partial charge in [0, 0.05) is 12.1 Å². The van der Waals surface area contributed by atoms with Crippen LogP contribution in [0.3, 0.4) is 0 Å². The van der Waals surface area contributed by atoms with Gasteiger partial charge < -0.3 is 24.6 Å². The number of aromatic nitrogens is 1. The summed E-state index contributed by atoms with van der Waals surface area (Å²) in [4.78, 5) is 12.4. The summed E-state index contributed by atoms with van der Waals surface area (Å²) in [6.45, 7) is 3.68. The molecule has 2 rings (SSSR count). The van der Waals surface area contributed by atoms with Gasteiger partial charge >= 0.3 is 0 Å². The van der Waals surface area contributed by atoms with Crippen LogP contribution >= 0.6 is 0 Å². The number of hydrogen-bond acceptors (Lipinski definition) is 6. The van der Waals surface area contributed by atoms with E-state index in [1.165, 1.54) is 0 Å². The molecular formula is C16H21N3O4. The summed E-state index contributed by atoms with van der Waals surface area (Å²) in [6, 6.07) is 6.60. The Labute approximate surface area is 134 Å². The van der Waals surface area contributed by atoms with Crippen LogP contribution in [0, 0.1) is 6.92 Å². The van der Waals surface area contributed by atoms with Crippen molar-refractivity contribution in [2.75, 3.05) is 24.9 Å². The quantitative estimate of drug-likeness (QED) is 0.816. The molecule has 1 aromatic heterocycles. The second-order valence-corrected chi connectivity index (χ2v) is 4.98. The molecule has 2 N–H and O–H groups in total. The predicted molar refractivity (Wildman–Crippen MR) is 87.1 cm³/mol. The van der Waals surface area contributed by atoms with Crippen molar-refractivity contribution in [3.8, 4) is 11.5 Å². The van der Waals surface area contributed by atoms with Gasteiger partial charge in [-0.25, -0.2) is 0 Å². The number of rotatable bonds is 7. The maximum Gasteiger partial charge on any atom is 0.248 e. The van der Waals surface area contributed by atoms with Crippen molar-refractivity contribution in [2.45, 2.75) is 26.3 Å². The van der Waals surface area contributed by atoms with Gasteiger partial charge in [-0.05, 0) is 25.5 Å². The summed E-state index contributed by atoms with van der Waals surface area (Å²) >= 11 is 0. The number of ether oxygens (including phenoxy) is 2. The van der Waals surface area contributed by atoms with Gasteiger partial charge in [-0.2, -0.15) is 0 Å². The van der Waals surface area contributed by atoms with Crippen LogP contribution in [0.15, 0.2) is 28.8 Å². The zero-order valence-corrected chi connectivity index (χ0v) is 13.7. The second kappa shape index (κ2) is 7.53. The highest BCUT2D eigenvalue weighted by Crippen LogP contribution is 2.29. The highest BCUT2D eigenvalue weighted by Gasteiger charge is 2.19. The average molecular weight is 319 g/mol. The Balaban J connectivity index is 2.10. The van der Waals surface area contributed by atoms with E-state index in [1.807, 2.05) is 13.0 Å². The van der Waals surface area contributed by atoms with Gasteiger partial charge in [0.2, 0.25) is 5.91 Å². The Bertz CT molecular complexity index is 669. The van der Waals surface area contributed by atoms with E-state index in [9.17, 15) is 4.79 Å². The van der Waals surface area contributed by atoms with Crippen molar-refractivity contribution in [1.29, 1.82) is 0 Å². The molecule has 1 unspecified atom stereocenters. The Kier molecular flexibility index (Phi) is 5.46. The molecule has 1 aromatic carbocycles. The van der Waals surface area contributed by atoms with Gasteiger partial charge in [0.15, 0.2) is 5.82 Å². The lowest BCUT2D eigenvalue weighted by molar-refractivity contribution is -0.117. The number of methoxy groups -OCH3 is 2. The van der Waals surface area contributed by atoms with Crippen molar-refractivity contribution in [2.24, 2.45) is 0 Å². The van der Waals surface area contributed by atoms with E-state index in [0.29, 0.717) is 35.2 Å². The van der Waals surface area contributed by atoms with E-state index in [0.717, 1.165) is 0 Å². The molecule has 0 bridgehead atoms.